The molecule has 4 saturated carbocycles. The summed E-state index contributed by atoms with van der Waals surface area (Å²) in [5.41, 5.74) is 1.18. The van der Waals surface area contributed by atoms with Crippen molar-refractivity contribution >= 4 is 8.32 Å². The number of rotatable bonds is 7. The van der Waals surface area contributed by atoms with Crippen molar-refractivity contribution in [2.75, 3.05) is 0 Å². The maximum atomic E-state index is 6.72. The molecular formula is C30H56OSi. The van der Waals surface area contributed by atoms with Crippen molar-refractivity contribution in [1.82, 2.24) is 0 Å². The van der Waals surface area contributed by atoms with Gasteiger partial charge in [-0.15, -0.1) is 0 Å². The molecule has 4 aliphatic carbocycles. The molecule has 0 spiro atoms. The Morgan fingerprint density at radius 1 is 0.812 bits per heavy atom. The fourth-order valence-electron chi connectivity index (χ4n) is 9.93. The number of hydrogen-bond donors (Lipinski definition) is 0. The van der Waals surface area contributed by atoms with Gasteiger partial charge in [0.2, 0.25) is 0 Å². The van der Waals surface area contributed by atoms with Crippen LogP contribution < -0.4 is 0 Å². The fourth-order valence-corrected chi connectivity index (χ4v) is 11.1. The van der Waals surface area contributed by atoms with E-state index in [0.29, 0.717) is 16.9 Å². The molecule has 0 aromatic heterocycles. The predicted octanol–water partition coefficient (Wildman–Crippen LogP) is 9.33. The third-order valence-corrected chi connectivity index (χ3v) is 12.3. The normalized spacial score (nSPS) is 45.3. The van der Waals surface area contributed by atoms with Crippen LogP contribution in [0, 0.1) is 52.3 Å². The van der Waals surface area contributed by atoms with Crippen molar-refractivity contribution < 1.29 is 4.43 Å². The van der Waals surface area contributed by atoms with Crippen LogP contribution in [0.2, 0.25) is 19.6 Å². The summed E-state index contributed by atoms with van der Waals surface area (Å²) >= 11 is 0. The Bertz CT molecular complexity index is 637. The summed E-state index contributed by atoms with van der Waals surface area (Å²) in [5.74, 6) is 6.74. The molecule has 0 unspecified atom stereocenters. The van der Waals surface area contributed by atoms with Crippen LogP contribution in [0.15, 0.2) is 0 Å². The lowest BCUT2D eigenvalue weighted by atomic mass is 9.44. The second-order valence-corrected chi connectivity index (χ2v) is 19.3. The lowest BCUT2D eigenvalue weighted by Crippen LogP contribution is -2.55. The van der Waals surface area contributed by atoms with E-state index in [2.05, 4.69) is 54.3 Å². The number of fused-ring (bicyclic) bond motifs is 5. The molecule has 4 aliphatic rings. The summed E-state index contributed by atoms with van der Waals surface area (Å²) in [6.07, 6.45) is 18.1. The molecule has 0 N–H and O–H groups in total. The molecule has 2 heteroatoms. The molecule has 0 heterocycles. The minimum Gasteiger partial charge on any atom is -0.415 e. The van der Waals surface area contributed by atoms with Crippen LogP contribution in [0.25, 0.3) is 0 Å². The van der Waals surface area contributed by atoms with Gasteiger partial charge in [0, 0.05) is 6.10 Å². The molecule has 0 radical (unpaired) electrons. The van der Waals surface area contributed by atoms with Crippen molar-refractivity contribution in [3.05, 3.63) is 0 Å². The maximum Gasteiger partial charge on any atom is 0.184 e. The van der Waals surface area contributed by atoms with Crippen LogP contribution >= 0.6 is 0 Å². The summed E-state index contributed by atoms with van der Waals surface area (Å²) in [6.45, 7) is 20.0. The van der Waals surface area contributed by atoms with E-state index in [-0.39, 0.29) is 0 Å². The molecule has 0 aromatic carbocycles. The van der Waals surface area contributed by atoms with Crippen LogP contribution in [-0.2, 0) is 4.43 Å². The first-order valence-electron chi connectivity index (χ1n) is 14.6. The van der Waals surface area contributed by atoms with E-state index in [9.17, 15) is 0 Å². The molecule has 0 aliphatic heterocycles. The summed E-state index contributed by atoms with van der Waals surface area (Å²) in [6, 6.07) is 0. The van der Waals surface area contributed by atoms with Crippen LogP contribution in [0.1, 0.15) is 112 Å². The van der Waals surface area contributed by atoms with Gasteiger partial charge in [-0.25, -0.2) is 0 Å². The average Bonchev–Trinajstić information content (AvgIpc) is 3.03. The first kappa shape index (κ1) is 25.3. The topological polar surface area (TPSA) is 9.23 Å². The van der Waals surface area contributed by atoms with Crippen molar-refractivity contribution in [1.29, 1.82) is 0 Å². The Labute approximate surface area is 202 Å². The molecule has 9 atom stereocenters. The third-order valence-electron chi connectivity index (χ3n) is 11.3. The summed E-state index contributed by atoms with van der Waals surface area (Å²) < 4.78 is 6.72. The van der Waals surface area contributed by atoms with Crippen molar-refractivity contribution in [2.24, 2.45) is 52.3 Å². The van der Waals surface area contributed by atoms with Gasteiger partial charge in [-0.05, 0) is 130 Å². The monoisotopic (exact) mass is 460 g/mol. The summed E-state index contributed by atoms with van der Waals surface area (Å²) in [4.78, 5) is 0. The molecule has 186 valence electrons. The van der Waals surface area contributed by atoms with Gasteiger partial charge in [0.25, 0.3) is 0 Å². The van der Waals surface area contributed by atoms with E-state index in [0.717, 1.165) is 41.4 Å². The highest BCUT2D eigenvalue weighted by molar-refractivity contribution is 6.69. The quantitative estimate of drug-likeness (QED) is 0.344. The molecular weight excluding hydrogens is 404 g/mol. The molecule has 0 amide bonds. The molecule has 0 bridgehead atoms. The van der Waals surface area contributed by atoms with E-state index < -0.39 is 8.32 Å². The van der Waals surface area contributed by atoms with Gasteiger partial charge < -0.3 is 4.43 Å². The van der Waals surface area contributed by atoms with Crippen molar-refractivity contribution in [3.63, 3.8) is 0 Å². The lowest BCUT2D eigenvalue weighted by Gasteiger charge is -2.61. The van der Waals surface area contributed by atoms with Crippen LogP contribution in [-0.4, -0.2) is 14.4 Å². The van der Waals surface area contributed by atoms with E-state index >= 15 is 0 Å². The minimum absolute atomic E-state index is 0.548. The van der Waals surface area contributed by atoms with Crippen LogP contribution in [0.5, 0.6) is 0 Å². The molecule has 4 rings (SSSR count). The van der Waals surface area contributed by atoms with E-state index in [1.807, 2.05) is 0 Å². The zero-order valence-corrected chi connectivity index (χ0v) is 24.0. The first-order valence-corrected chi connectivity index (χ1v) is 18.0. The Hall–Kier alpha value is 0.177. The standard InChI is InChI=1S/C30H56OSi/c1-21(2)10-9-11-22(3)26-16-17-27-25-15-13-23-12-14-24(31-32(6,7)8)20-30(23,5)28(25)18-19-29(26,27)4/h21-28H,9-20H2,1-8H3/t22-,23+,24+,25+,26-,27+,28+,29-,30+/m1/s1. The van der Waals surface area contributed by atoms with Gasteiger partial charge in [0.15, 0.2) is 8.32 Å². The zero-order chi connectivity index (χ0) is 23.3. The Morgan fingerprint density at radius 3 is 2.19 bits per heavy atom. The SMILES string of the molecule is CC(C)CCC[C@@H](C)[C@H]1CC[C@H]2[C@@H]3CC[C@@H]4CC[C@H](O[Si](C)(C)C)C[C@]4(C)[C@H]3CC[C@]12C. The van der Waals surface area contributed by atoms with Crippen LogP contribution in [0.3, 0.4) is 0 Å². The molecule has 4 fully saturated rings. The Kier molecular flexibility index (Phi) is 7.37. The Balaban J connectivity index is 1.46. The fraction of sp³-hybridized carbons (Fsp3) is 1.00. The smallest absolute Gasteiger partial charge is 0.184 e. The predicted molar refractivity (Wildman–Crippen MR) is 141 cm³/mol. The largest absolute Gasteiger partial charge is 0.415 e. The zero-order valence-electron chi connectivity index (χ0n) is 23.0. The van der Waals surface area contributed by atoms with Gasteiger partial charge >= 0.3 is 0 Å². The molecule has 1 nitrogen and oxygen atoms in total. The summed E-state index contributed by atoms with van der Waals surface area (Å²) in [7, 11) is -1.45. The van der Waals surface area contributed by atoms with Gasteiger partial charge in [-0.1, -0.05) is 53.9 Å². The van der Waals surface area contributed by atoms with Crippen molar-refractivity contribution in [2.45, 2.75) is 137 Å². The molecule has 0 aromatic rings. The van der Waals surface area contributed by atoms with E-state index in [4.69, 9.17) is 4.43 Å². The first-order chi connectivity index (χ1) is 14.9. The number of hydrogen-bond acceptors (Lipinski definition) is 1. The third kappa shape index (κ3) is 4.80. The van der Waals surface area contributed by atoms with Crippen LogP contribution in [0.4, 0.5) is 0 Å². The van der Waals surface area contributed by atoms with Gasteiger partial charge in [0.05, 0.1) is 0 Å². The molecule has 32 heavy (non-hydrogen) atoms. The Morgan fingerprint density at radius 2 is 1.50 bits per heavy atom. The molecule has 0 saturated heterocycles. The minimum atomic E-state index is -1.45. The van der Waals surface area contributed by atoms with Crippen molar-refractivity contribution in [3.8, 4) is 0 Å². The average molecular weight is 461 g/mol. The van der Waals surface area contributed by atoms with E-state index in [1.54, 1.807) is 6.42 Å². The second kappa shape index (κ2) is 9.33. The maximum absolute atomic E-state index is 6.72. The highest BCUT2D eigenvalue weighted by Gasteiger charge is 2.60. The van der Waals surface area contributed by atoms with Gasteiger partial charge in [-0.2, -0.15) is 0 Å². The van der Waals surface area contributed by atoms with Gasteiger partial charge in [0.1, 0.15) is 0 Å². The highest BCUT2D eigenvalue weighted by Crippen LogP contribution is 2.68. The lowest BCUT2D eigenvalue weighted by molar-refractivity contribution is -0.130. The van der Waals surface area contributed by atoms with E-state index in [1.165, 1.54) is 70.6 Å². The summed E-state index contributed by atoms with van der Waals surface area (Å²) in [5, 5.41) is 0. The second-order valence-electron chi connectivity index (χ2n) is 14.8. The highest BCUT2D eigenvalue weighted by atomic mass is 28.4. The van der Waals surface area contributed by atoms with Gasteiger partial charge in [-0.3, -0.25) is 0 Å².